The molecular weight excluding hydrogens is 671 g/mol. The summed E-state index contributed by atoms with van der Waals surface area (Å²) in [5.41, 5.74) is 0. The van der Waals surface area contributed by atoms with Crippen molar-refractivity contribution in [2.75, 3.05) is 26.4 Å². The molecule has 3 N–H and O–H groups in total. The molecule has 0 aliphatic heterocycles. The van der Waals surface area contributed by atoms with E-state index in [0.717, 1.165) is 44.9 Å². The molecule has 0 bridgehead atoms. The van der Waals surface area contributed by atoms with Gasteiger partial charge in [0, 0.05) is 12.8 Å². The summed E-state index contributed by atoms with van der Waals surface area (Å²) in [6.45, 7) is 2.32. The first kappa shape index (κ1) is 49.5. The summed E-state index contributed by atoms with van der Waals surface area (Å²) in [4.78, 5) is 34.9. The van der Waals surface area contributed by atoms with E-state index in [1.807, 2.05) is 0 Å². The number of phosphoric acid groups is 1. The highest BCUT2D eigenvalue weighted by molar-refractivity contribution is 7.47. The average Bonchev–Trinajstić information content (AvgIpc) is 3.12. The van der Waals surface area contributed by atoms with Gasteiger partial charge in [0.05, 0.1) is 19.8 Å². The number of hydrogen-bond donors (Lipinski definition) is 3. The van der Waals surface area contributed by atoms with E-state index in [4.69, 9.17) is 19.1 Å². The number of hydrogen-bond acceptors (Lipinski definition) is 9. The number of aliphatic hydroxyl groups is 2. The summed E-state index contributed by atoms with van der Waals surface area (Å²) >= 11 is 0. The van der Waals surface area contributed by atoms with Crippen LogP contribution < -0.4 is 0 Å². The van der Waals surface area contributed by atoms with Crippen molar-refractivity contribution in [2.45, 2.75) is 193 Å². The first-order valence-corrected chi connectivity index (χ1v) is 21.8. The number of carbonyl (C=O) groups is 2. The van der Waals surface area contributed by atoms with Gasteiger partial charge in [0.15, 0.2) is 6.10 Å². The standard InChI is InChI=1S/C40H75O10P/c1-3-5-7-9-11-13-15-17-18-20-21-23-25-27-29-31-39(43)47-35-38(36-49-51(45,46)48-34-37(42)33-41)50-40(44)32-30-28-26-24-22-19-16-14-12-10-8-6-4-2/h9,11,19,22,37-38,41-42H,3-8,10,12-18,20-21,23-36H2,1-2H3,(H,45,46)/b11-9+,22-19+/t37-,38+/m0/s1. The van der Waals surface area contributed by atoms with Gasteiger partial charge in [0.1, 0.15) is 12.7 Å². The molecule has 0 amide bonds. The Morgan fingerprint density at radius 3 is 1.49 bits per heavy atom. The third-order valence-electron chi connectivity index (χ3n) is 8.58. The minimum absolute atomic E-state index is 0.165. The Morgan fingerprint density at radius 2 is 0.980 bits per heavy atom. The minimum Gasteiger partial charge on any atom is -0.462 e. The maximum atomic E-state index is 12.5. The number of esters is 2. The van der Waals surface area contributed by atoms with Crippen molar-refractivity contribution in [1.29, 1.82) is 0 Å². The van der Waals surface area contributed by atoms with E-state index in [0.29, 0.717) is 12.8 Å². The summed E-state index contributed by atoms with van der Waals surface area (Å²) in [5, 5.41) is 18.3. The molecule has 300 valence electrons. The lowest BCUT2D eigenvalue weighted by Crippen LogP contribution is -2.29. The van der Waals surface area contributed by atoms with Crippen LogP contribution in [0.15, 0.2) is 24.3 Å². The van der Waals surface area contributed by atoms with E-state index in [1.165, 1.54) is 96.3 Å². The van der Waals surface area contributed by atoms with Crippen LogP contribution in [0.4, 0.5) is 0 Å². The lowest BCUT2D eigenvalue weighted by Gasteiger charge is -2.20. The number of ether oxygens (including phenoxy) is 2. The quantitative estimate of drug-likeness (QED) is 0.0241. The Kier molecular flexibility index (Phi) is 35.7. The smallest absolute Gasteiger partial charge is 0.462 e. The second kappa shape index (κ2) is 36.8. The first-order valence-electron chi connectivity index (χ1n) is 20.3. The molecular formula is C40H75O10P. The third-order valence-corrected chi connectivity index (χ3v) is 9.53. The summed E-state index contributed by atoms with van der Waals surface area (Å²) in [7, 11) is -4.61. The molecule has 0 saturated heterocycles. The van der Waals surface area contributed by atoms with Gasteiger partial charge in [-0.25, -0.2) is 4.57 Å². The highest BCUT2D eigenvalue weighted by Gasteiger charge is 2.27. The Labute approximate surface area is 310 Å². The number of unbranched alkanes of at least 4 members (excludes halogenated alkanes) is 20. The van der Waals surface area contributed by atoms with Crippen LogP contribution in [0.2, 0.25) is 0 Å². The van der Waals surface area contributed by atoms with Crippen molar-refractivity contribution in [3.05, 3.63) is 24.3 Å². The fourth-order valence-electron chi connectivity index (χ4n) is 5.38. The zero-order valence-electron chi connectivity index (χ0n) is 32.3. The molecule has 3 atom stereocenters. The van der Waals surface area contributed by atoms with Crippen LogP contribution in [0.1, 0.15) is 181 Å². The van der Waals surface area contributed by atoms with Crippen LogP contribution in [0.3, 0.4) is 0 Å². The summed E-state index contributed by atoms with van der Waals surface area (Å²) < 4.78 is 32.6. The molecule has 0 aromatic heterocycles. The Morgan fingerprint density at radius 1 is 0.569 bits per heavy atom. The monoisotopic (exact) mass is 747 g/mol. The number of carbonyl (C=O) groups excluding carboxylic acids is 2. The van der Waals surface area contributed by atoms with E-state index in [1.54, 1.807) is 0 Å². The molecule has 11 heteroatoms. The number of rotatable bonds is 38. The van der Waals surface area contributed by atoms with Crippen molar-refractivity contribution in [1.82, 2.24) is 0 Å². The van der Waals surface area contributed by atoms with Crippen molar-refractivity contribution in [2.24, 2.45) is 0 Å². The average molecular weight is 747 g/mol. The van der Waals surface area contributed by atoms with Crippen LogP contribution in [0.5, 0.6) is 0 Å². The number of allylic oxidation sites excluding steroid dienone is 4. The van der Waals surface area contributed by atoms with Crippen molar-refractivity contribution < 1.29 is 47.8 Å². The van der Waals surface area contributed by atoms with Gasteiger partial charge in [-0.2, -0.15) is 0 Å². The molecule has 0 aromatic carbocycles. The molecule has 0 rings (SSSR count). The highest BCUT2D eigenvalue weighted by Crippen LogP contribution is 2.43. The fourth-order valence-corrected chi connectivity index (χ4v) is 6.17. The van der Waals surface area contributed by atoms with E-state index < -0.39 is 51.8 Å². The second-order valence-corrected chi connectivity index (χ2v) is 15.1. The lowest BCUT2D eigenvalue weighted by molar-refractivity contribution is -0.161. The number of phosphoric ester groups is 1. The Bertz CT molecular complexity index is 910. The van der Waals surface area contributed by atoms with Crippen LogP contribution >= 0.6 is 7.82 Å². The maximum absolute atomic E-state index is 12.5. The van der Waals surface area contributed by atoms with Crippen LogP contribution in [0, 0.1) is 0 Å². The van der Waals surface area contributed by atoms with E-state index in [9.17, 15) is 24.2 Å². The first-order chi connectivity index (χ1) is 24.7. The predicted octanol–water partition coefficient (Wildman–Crippen LogP) is 10.2. The third kappa shape index (κ3) is 36.6. The fraction of sp³-hybridized carbons (Fsp3) is 0.850. The van der Waals surface area contributed by atoms with Gasteiger partial charge in [-0.15, -0.1) is 0 Å². The van der Waals surface area contributed by atoms with Crippen molar-refractivity contribution >= 4 is 19.8 Å². The van der Waals surface area contributed by atoms with E-state index >= 15 is 0 Å². The largest absolute Gasteiger partial charge is 0.472 e. The zero-order valence-corrected chi connectivity index (χ0v) is 33.2. The van der Waals surface area contributed by atoms with Gasteiger partial charge in [0.2, 0.25) is 0 Å². The van der Waals surface area contributed by atoms with Gasteiger partial charge < -0.3 is 24.6 Å². The molecule has 0 aromatic rings. The summed E-state index contributed by atoms with van der Waals surface area (Å²) in [5.74, 6) is -0.944. The molecule has 10 nitrogen and oxygen atoms in total. The highest BCUT2D eigenvalue weighted by atomic mass is 31.2. The van der Waals surface area contributed by atoms with E-state index in [2.05, 4.69) is 42.7 Å². The topological polar surface area (TPSA) is 149 Å². The molecule has 0 fully saturated rings. The Hall–Kier alpha value is -1.55. The summed E-state index contributed by atoms with van der Waals surface area (Å²) in [6, 6.07) is 0. The molecule has 0 heterocycles. The van der Waals surface area contributed by atoms with Crippen LogP contribution in [-0.4, -0.2) is 65.7 Å². The Balaban J connectivity index is 4.34. The molecule has 0 spiro atoms. The van der Waals surface area contributed by atoms with E-state index in [-0.39, 0.29) is 19.4 Å². The maximum Gasteiger partial charge on any atom is 0.472 e. The van der Waals surface area contributed by atoms with Gasteiger partial charge in [-0.1, -0.05) is 134 Å². The predicted molar refractivity (Wildman–Crippen MR) is 205 cm³/mol. The van der Waals surface area contributed by atoms with Crippen LogP contribution in [-0.2, 0) is 32.7 Å². The summed E-state index contributed by atoms with van der Waals surface area (Å²) in [6.07, 6.45) is 34.3. The van der Waals surface area contributed by atoms with Gasteiger partial charge in [-0.05, 0) is 57.8 Å². The zero-order chi connectivity index (χ0) is 37.7. The van der Waals surface area contributed by atoms with Crippen molar-refractivity contribution in [3.63, 3.8) is 0 Å². The molecule has 0 aliphatic rings. The molecule has 0 saturated carbocycles. The van der Waals surface area contributed by atoms with Gasteiger partial charge >= 0.3 is 19.8 Å². The van der Waals surface area contributed by atoms with Crippen LogP contribution in [0.25, 0.3) is 0 Å². The number of aliphatic hydroxyl groups excluding tert-OH is 2. The molecule has 0 radical (unpaired) electrons. The minimum atomic E-state index is -4.61. The molecule has 1 unspecified atom stereocenters. The van der Waals surface area contributed by atoms with Gasteiger partial charge in [0.25, 0.3) is 0 Å². The SMILES string of the molecule is CCCC/C=C/CCCCCCCCCCCC(=O)OC[C@H](COP(=O)(O)OC[C@@H](O)CO)OC(=O)CCCCC/C=C/CCCCCCCC. The lowest BCUT2D eigenvalue weighted by atomic mass is 10.1. The van der Waals surface area contributed by atoms with Crippen molar-refractivity contribution in [3.8, 4) is 0 Å². The van der Waals surface area contributed by atoms with Gasteiger partial charge in [-0.3, -0.25) is 18.6 Å². The molecule has 0 aliphatic carbocycles. The second-order valence-electron chi connectivity index (χ2n) is 13.7. The molecule has 51 heavy (non-hydrogen) atoms. The normalized spacial score (nSPS) is 14.2.